The van der Waals surface area contributed by atoms with E-state index in [2.05, 4.69) is 72.8 Å². The van der Waals surface area contributed by atoms with E-state index in [9.17, 15) is 0 Å². The van der Waals surface area contributed by atoms with Gasteiger partial charge in [0.15, 0.2) is 0 Å². The summed E-state index contributed by atoms with van der Waals surface area (Å²) >= 11 is 5.69. The predicted octanol–water partition coefficient (Wildman–Crippen LogP) is 3.76. The van der Waals surface area contributed by atoms with Gasteiger partial charge in [0, 0.05) is 27.7 Å². The first-order chi connectivity index (χ1) is 8.22. The summed E-state index contributed by atoms with van der Waals surface area (Å²) in [5.74, 6) is 0.710. The highest BCUT2D eigenvalue weighted by molar-refractivity contribution is 14.1. The van der Waals surface area contributed by atoms with Crippen LogP contribution < -0.4 is 0 Å². The van der Waals surface area contributed by atoms with Crippen LogP contribution in [0.4, 0.5) is 0 Å². The van der Waals surface area contributed by atoms with Crippen molar-refractivity contribution < 1.29 is 0 Å². The normalized spacial score (nSPS) is 10.9. The van der Waals surface area contributed by atoms with Crippen LogP contribution in [-0.4, -0.2) is 14.4 Å². The average Bonchev–Trinajstić information content (AvgIpc) is 2.72. The van der Waals surface area contributed by atoms with E-state index in [4.69, 9.17) is 0 Å². The molecule has 0 radical (unpaired) electrons. The van der Waals surface area contributed by atoms with Gasteiger partial charge >= 0.3 is 0 Å². The van der Waals surface area contributed by atoms with Gasteiger partial charge in [-0.15, -0.1) is 0 Å². The Hall–Kier alpha value is -0.950. The lowest BCUT2D eigenvalue weighted by Gasteiger charge is -1.95. The predicted molar refractivity (Wildman–Crippen MR) is 78.8 cm³/mol. The highest BCUT2D eigenvalue weighted by Crippen LogP contribution is 2.20. The molecule has 0 aliphatic carbocycles. The maximum absolute atomic E-state index is 4.48. The fourth-order valence-corrected chi connectivity index (χ4v) is 2.30. The number of halogens is 2. The van der Waals surface area contributed by atoms with Gasteiger partial charge in [-0.2, -0.15) is 0 Å². The lowest BCUT2D eigenvalue weighted by atomic mass is 10.2. The summed E-state index contributed by atoms with van der Waals surface area (Å²) < 4.78 is 4.07. The van der Waals surface area contributed by atoms with Crippen LogP contribution in [0.15, 0.2) is 47.3 Å². The molecule has 0 unspecified atom stereocenters. The van der Waals surface area contributed by atoms with Gasteiger partial charge < -0.3 is 0 Å². The van der Waals surface area contributed by atoms with E-state index in [-0.39, 0.29) is 0 Å². The van der Waals surface area contributed by atoms with Crippen LogP contribution in [-0.2, 0) is 0 Å². The minimum absolute atomic E-state index is 0.710. The Kier molecular flexibility index (Phi) is 2.87. The van der Waals surface area contributed by atoms with Gasteiger partial charge in [-0.3, -0.25) is 4.40 Å². The first-order valence-electron chi connectivity index (χ1n) is 4.98. The molecule has 17 heavy (non-hydrogen) atoms. The SMILES string of the molecule is Brc1cnc2nc(-c3ccc(I)cc3)cn2c1. The van der Waals surface area contributed by atoms with Crippen molar-refractivity contribution >= 4 is 44.3 Å². The fourth-order valence-electron chi connectivity index (χ4n) is 1.62. The highest BCUT2D eigenvalue weighted by Gasteiger charge is 2.05. The molecule has 0 N–H and O–H groups in total. The van der Waals surface area contributed by atoms with Crippen molar-refractivity contribution in [2.24, 2.45) is 0 Å². The molecule has 2 aromatic heterocycles. The van der Waals surface area contributed by atoms with E-state index >= 15 is 0 Å². The van der Waals surface area contributed by atoms with Crippen LogP contribution in [0.3, 0.4) is 0 Å². The molecule has 2 heterocycles. The van der Waals surface area contributed by atoms with Gasteiger partial charge in [0.2, 0.25) is 5.78 Å². The maximum atomic E-state index is 4.48. The number of aromatic nitrogens is 3. The molecule has 0 aliphatic heterocycles. The molecule has 0 spiro atoms. The van der Waals surface area contributed by atoms with Crippen LogP contribution >= 0.6 is 38.5 Å². The van der Waals surface area contributed by atoms with Crippen LogP contribution in [0.1, 0.15) is 0 Å². The number of imidazole rings is 1. The molecular weight excluding hydrogens is 393 g/mol. The van der Waals surface area contributed by atoms with Crippen molar-refractivity contribution in [2.75, 3.05) is 0 Å². The maximum Gasteiger partial charge on any atom is 0.234 e. The second kappa shape index (κ2) is 4.38. The molecular formula is C12H7BrIN3. The van der Waals surface area contributed by atoms with Gasteiger partial charge in [-0.1, -0.05) is 12.1 Å². The molecule has 0 fully saturated rings. The Morgan fingerprint density at radius 1 is 1.12 bits per heavy atom. The monoisotopic (exact) mass is 399 g/mol. The molecule has 3 rings (SSSR count). The first kappa shape index (κ1) is 11.2. The third kappa shape index (κ3) is 2.21. The second-order valence-corrected chi connectivity index (χ2v) is 5.77. The number of fused-ring (bicyclic) bond motifs is 1. The number of rotatable bonds is 1. The Balaban J connectivity index is 2.14. The lowest BCUT2D eigenvalue weighted by Crippen LogP contribution is -1.85. The van der Waals surface area contributed by atoms with Gasteiger partial charge in [0.25, 0.3) is 0 Å². The van der Waals surface area contributed by atoms with E-state index in [1.54, 1.807) is 6.20 Å². The van der Waals surface area contributed by atoms with Crippen molar-refractivity contribution in [1.29, 1.82) is 0 Å². The Morgan fingerprint density at radius 3 is 2.65 bits per heavy atom. The summed E-state index contributed by atoms with van der Waals surface area (Å²) in [5.41, 5.74) is 2.04. The zero-order valence-electron chi connectivity index (χ0n) is 8.64. The molecule has 5 heteroatoms. The molecule has 0 aliphatic rings. The van der Waals surface area contributed by atoms with Crippen molar-refractivity contribution in [3.63, 3.8) is 0 Å². The minimum atomic E-state index is 0.710. The van der Waals surface area contributed by atoms with Crippen LogP contribution in [0.25, 0.3) is 17.0 Å². The molecule has 0 atom stereocenters. The molecule has 3 nitrogen and oxygen atoms in total. The van der Waals surface area contributed by atoms with E-state index in [1.807, 2.05) is 16.8 Å². The van der Waals surface area contributed by atoms with Crippen LogP contribution in [0.5, 0.6) is 0 Å². The van der Waals surface area contributed by atoms with E-state index < -0.39 is 0 Å². The standard InChI is InChI=1S/C12H7BrIN3/c13-9-5-15-12-16-11(7-17(12)6-9)8-1-3-10(14)4-2-8/h1-7H. The lowest BCUT2D eigenvalue weighted by molar-refractivity contribution is 1.10. The quantitative estimate of drug-likeness (QED) is 0.583. The van der Waals surface area contributed by atoms with Crippen LogP contribution in [0, 0.1) is 3.57 Å². The molecule has 84 valence electrons. The summed E-state index contributed by atoms with van der Waals surface area (Å²) in [7, 11) is 0. The molecule has 0 bridgehead atoms. The number of hydrogen-bond donors (Lipinski definition) is 0. The molecule has 0 saturated carbocycles. The van der Waals surface area contributed by atoms with Crippen molar-refractivity contribution in [2.45, 2.75) is 0 Å². The number of benzene rings is 1. The highest BCUT2D eigenvalue weighted by atomic mass is 127. The summed E-state index contributed by atoms with van der Waals surface area (Å²) in [6.07, 6.45) is 5.68. The Bertz CT molecular complexity index is 676. The smallest absolute Gasteiger partial charge is 0.234 e. The van der Waals surface area contributed by atoms with E-state index in [0.717, 1.165) is 15.7 Å². The third-order valence-corrected chi connectivity index (χ3v) is 3.55. The first-order valence-corrected chi connectivity index (χ1v) is 6.86. The topological polar surface area (TPSA) is 30.2 Å². The van der Waals surface area contributed by atoms with Gasteiger partial charge in [-0.05, 0) is 50.7 Å². The Morgan fingerprint density at radius 2 is 1.88 bits per heavy atom. The van der Waals surface area contributed by atoms with Crippen molar-refractivity contribution in [3.05, 3.63) is 50.9 Å². The summed E-state index contributed by atoms with van der Waals surface area (Å²) in [6, 6.07) is 8.28. The summed E-state index contributed by atoms with van der Waals surface area (Å²) in [5, 5.41) is 0. The molecule has 1 aromatic carbocycles. The van der Waals surface area contributed by atoms with Crippen LogP contribution in [0.2, 0.25) is 0 Å². The van der Waals surface area contributed by atoms with Crippen molar-refractivity contribution in [1.82, 2.24) is 14.4 Å². The van der Waals surface area contributed by atoms with Gasteiger partial charge in [0.1, 0.15) is 0 Å². The zero-order chi connectivity index (χ0) is 11.8. The minimum Gasteiger partial charge on any atom is -0.289 e. The molecule has 0 amide bonds. The largest absolute Gasteiger partial charge is 0.289 e. The summed E-state index contributed by atoms with van der Waals surface area (Å²) in [6.45, 7) is 0. The Labute approximate surface area is 120 Å². The number of nitrogens with zero attached hydrogens (tertiary/aromatic N) is 3. The van der Waals surface area contributed by atoms with E-state index in [1.165, 1.54) is 3.57 Å². The second-order valence-electron chi connectivity index (χ2n) is 3.61. The van der Waals surface area contributed by atoms with Gasteiger partial charge in [0.05, 0.1) is 10.2 Å². The average molecular weight is 400 g/mol. The zero-order valence-corrected chi connectivity index (χ0v) is 12.4. The number of hydrogen-bond acceptors (Lipinski definition) is 2. The van der Waals surface area contributed by atoms with Crippen molar-refractivity contribution in [3.8, 4) is 11.3 Å². The third-order valence-electron chi connectivity index (χ3n) is 2.42. The fraction of sp³-hybridized carbons (Fsp3) is 0. The summed E-state index contributed by atoms with van der Waals surface area (Å²) in [4.78, 5) is 8.73. The van der Waals surface area contributed by atoms with Gasteiger partial charge in [-0.25, -0.2) is 9.97 Å². The van der Waals surface area contributed by atoms with E-state index in [0.29, 0.717) is 5.78 Å². The molecule has 3 aromatic rings. The molecule has 0 saturated heterocycles.